The first-order chi connectivity index (χ1) is 8.83. The van der Waals surface area contributed by atoms with Crippen LogP contribution in [0.5, 0.6) is 0 Å². The highest BCUT2D eigenvalue weighted by atomic mass is 16.3. The highest BCUT2D eigenvalue weighted by Gasteiger charge is 2.08. The Hall–Kier alpha value is -2.62. The molecule has 0 bridgehead atoms. The molecule has 0 aliphatic rings. The Morgan fingerprint density at radius 3 is 2.78 bits per heavy atom. The second-order valence-electron chi connectivity index (χ2n) is 3.86. The number of anilines is 1. The first kappa shape index (κ1) is 10.5. The van der Waals surface area contributed by atoms with Gasteiger partial charge in [0.05, 0.1) is 0 Å². The maximum atomic E-state index is 12.0. The van der Waals surface area contributed by atoms with Crippen molar-refractivity contribution in [2.75, 3.05) is 5.32 Å². The highest BCUT2D eigenvalue weighted by Crippen LogP contribution is 2.15. The standard InChI is InChI=1S/C14H10N2O2/c17-14(16-11-4-2-1-3-5-11)10-6-7-13-12(8-10)15-9-18-13/h1-9H,(H,16,17). The van der Waals surface area contributed by atoms with Crippen molar-refractivity contribution in [1.82, 2.24) is 4.98 Å². The Kier molecular flexibility index (Phi) is 2.53. The SMILES string of the molecule is O=C(Nc1ccccc1)c1ccc2ocnc2c1. The molecule has 0 fully saturated rings. The van der Waals surface area contributed by atoms with E-state index in [4.69, 9.17) is 4.42 Å². The van der Waals surface area contributed by atoms with Crippen LogP contribution in [0.3, 0.4) is 0 Å². The second kappa shape index (κ2) is 4.33. The number of aromatic nitrogens is 1. The number of amides is 1. The minimum absolute atomic E-state index is 0.161. The first-order valence-corrected chi connectivity index (χ1v) is 5.52. The average Bonchev–Trinajstić information content (AvgIpc) is 2.87. The van der Waals surface area contributed by atoms with Gasteiger partial charge in [0.25, 0.3) is 5.91 Å². The monoisotopic (exact) mass is 238 g/mol. The lowest BCUT2D eigenvalue weighted by Crippen LogP contribution is -2.11. The van der Waals surface area contributed by atoms with Crippen LogP contribution >= 0.6 is 0 Å². The zero-order valence-electron chi connectivity index (χ0n) is 9.46. The van der Waals surface area contributed by atoms with Gasteiger partial charge in [0.2, 0.25) is 0 Å². The molecule has 3 aromatic rings. The molecule has 4 heteroatoms. The van der Waals surface area contributed by atoms with Gasteiger partial charge in [-0.25, -0.2) is 4.98 Å². The third kappa shape index (κ3) is 1.96. The maximum absolute atomic E-state index is 12.0. The smallest absolute Gasteiger partial charge is 0.255 e. The van der Waals surface area contributed by atoms with Gasteiger partial charge in [-0.1, -0.05) is 18.2 Å². The largest absolute Gasteiger partial charge is 0.443 e. The molecule has 2 aromatic carbocycles. The van der Waals surface area contributed by atoms with Crippen molar-refractivity contribution in [3.8, 4) is 0 Å². The van der Waals surface area contributed by atoms with Gasteiger partial charge in [-0.05, 0) is 30.3 Å². The number of fused-ring (bicyclic) bond motifs is 1. The summed E-state index contributed by atoms with van der Waals surface area (Å²) in [7, 11) is 0. The normalized spacial score (nSPS) is 10.4. The van der Waals surface area contributed by atoms with Crippen LogP contribution in [0.1, 0.15) is 10.4 Å². The molecule has 0 saturated heterocycles. The Balaban J connectivity index is 1.87. The van der Waals surface area contributed by atoms with Crippen molar-refractivity contribution in [1.29, 1.82) is 0 Å². The number of para-hydroxylation sites is 1. The summed E-state index contributed by atoms with van der Waals surface area (Å²) in [5, 5.41) is 2.82. The molecule has 3 rings (SSSR count). The lowest BCUT2D eigenvalue weighted by atomic mass is 10.2. The molecule has 1 N–H and O–H groups in total. The summed E-state index contributed by atoms with van der Waals surface area (Å²) in [4.78, 5) is 16.0. The van der Waals surface area contributed by atoms with Crippen molar-refractivity contribution in [3.63, 3.8) is 0 Å². The summed E-state index contributed by atoms with van der Waals surface area (Å²) in [6.45, 7) is 0. The van der Waals surface area contributed by atoms with Crippen molar-refractivity contribution < 1.29 is 9.21 Å². The minimum Gasteiger partial charge on any atom is -0.443 e. The zero-order valence-corrected chi connectivity index (χ0v) is 9.46. The van der Waals surface area contributed by atoms with Gasteiger partial charge in [-0.15, -0.1) is 0 Å². The fourth-order valence-electron chi connectivity index (χ4n) is 1.72. The second-order valence-corrected chi connectivity index (χ2v) is 3.86. The molecular weight excluding hydrogens is 228 g/mol. The molecular formula is C14H10N2O2. The van der Waals surface area contributed by atoms with E-state index in [2.05, 4.69) is 10.3 Å². The van der Waals surface area contributed by atoms with Crippen molar-refractivity contribution in [3.05, 3.63) is 60.5 Å². The van der Waals surface area contributed by atoms with E-state index in [1.54, 1.807) is 18.2 Å². The number of oxazole rings is 1. The number of nitrogens with one attached hydrogen (secondary N) is 1. The number of carbonyl (C=O) groups excluding carboxylic acids is 1. The van der Waals surface area contributed by atoms with Gasteiger partial charge in [0.1, 0.15) is 5.52 Å². The van der Waals surface area contributed by atoms with Gasteiger partial charge in [0, 0.05) is 11.3 Å². The Morgan fingerprint density at radius 1 is 1.11 bits per heavy atom. The number of rotatable bonds is 2. The Morgan fingerprint density at radius 2 is 1.94 bits per heavy atom. The molecule has 1 heterocycles. The summed E-state index contributed by atoms with van der Waals surface area (Å²) in [6, 6.07) is 14.5. The molecule has 88 valence electrons. The predicted octanol–water partition coefficient (Wildman–Crippen LogP) is 3.08. The van der Waals surface area contributed by atoms with Gasteiger partial charge in [-0.3, -0.25) is 4.79 Å². The molecule has 0 aliphatic carbocycles. The van der Waals surface area contributed by atoms with Crippen LogP contribution in [-0.2, 0) is 0 Å². The quantitative estimate of drug-likeness (QED) is 0.746. The zero-order chi connectivity index (χ0) is 12.4. The van der Waals surface area contributed by atoms with Crippen LogP contribution < -0.4 is 5.32 Å². The number of hydrogen-bond acceptors (Lipinski definition) is 3. The van der Waals surface area contributed by atoms with E-state index < -0.39 is 0 Å². The van der Waals surface area contributed by atoms with Gasteiger partial charge in [0.15, 0.2) is 12.0 Å². The predicted molar refractivity (Wildman–Crippen MR) is 68.4 cm³/mol. The Bertz CT molecular complexity index is 689. The summed E-state index contributed by atoms with van der Waals surface area (Å²) in [5.74, 6) is -0.161. The van der Waals surface area contributed by atoms with E-state index in [0.29, 0.717) is 16.7 Å². The van der Waals surface area contributed by atoms with Crippen LogP contribution in [0.15, 0.2) is 59.3 Å². The number of nitrogens with zero attached hydrogens (tertiary/aromatic N) is 1. The average molecular weight is 238 g/mol. The highest BCUT2D eigenvalue weighted by molar-refractivity contribution is 6.05. The van der Waals surface area contributed by atoms with E-state index in [1.165, 1.54) is 6.39 Å². The minimum atomic E-state index is -0.161. The number of benzene rings is 2. The molecule has 0 aliphatic heterocycles. The van der Waals surface area contributed by atoms with Gasteiger partial charge < -0.3 is 9.73 Å². The topological polar surface area (TPSA) is 55.1 Å². The van der Waals surface area contributed by atoms with Gasteiger partial charge >= 0.3 is 0 Å². The molecule has 0 radical (unpaired) electrons. The van der Waals surface area contributed by atoms with E-state index in [0.717, 1.165) is 5.69 Å². The third-order valence-corrected chi connectivity index (χ3v) is 2.62. The first-order valence-electron chi connectivity index (χ1n) is 5.52. The lowest BCUT2D eigenvalue weighted by molar-refractivity contribution is 0.102. The van der Waals surface area contributed by atoms with E-state index in [-0.39, 0.29) is 5.91 Å². The van der Waals surface area contributed by atoms with Crippen LogP contribution in [0.25, 0.3) is 11.1 Å². The molecule has 1 aromatic heterocycles. The van der Waals surface area contributed by atoms with Crippen molar-refractivity contribution >= 4 is 22.7 Å². The molecule has 0 saturated carbocycles. The third-order valence-electron chi connectivity index (χ3n) is 2.62. The molecule has 0 unspecified atom stereocenters. The van der Waals surface area contributed by atoms with Crippen LogP contribution in [-0.4, -0.2) is 10.9 Å². The van der Waals surface area contributed by atoms with Crippen molar-refractivity contribution in [2.45, 2.75) is 0 Å². The molecule has 18 heavy (non-hydrogen) atoms. The maximum Gasteiger partial charge on any atom is 0.255 e. The number of carbonyl (C=O) groups is 1. The van der Waals surface area contributed by atoms with Crippen LogP contribution in [0.2, 0.25) is 0 Å². The molecule has 0 spiro atoms. The number of hydrogen-bond donors (Lipinski definition) is 1. The fraction of sp³-hybridized carbons (Fsp3) is 0. The van der Waals surface area contributed by atoms with E-state index >= 15 is 0 Å². The van der Waals surface area contributed by atoms with Crippen LogP contribution in [0.4, 0.5) is 5.69 Å². The molecule has 4 nitrogen and oxygen atoms in total. The van der Waals surface area contributed by atoms with Crippen LogP contribution in [0, 0.1) is 0 Å². The lowest BCUT2D eigenvalue weighted by Gasteiger charge is -2.04. The summed E-state index contributed by atoms with van der Waals surface area (Å²) in [5.41, 5.74) is 2.67. The molecule has 1 amide bonds. The van der Waals surface area contributed by atoms with Crippen molar-refractivity contribution in [2.24, 2.45) is 0 Å². The summed E-state index contributed by atoms with van der Waals surface area (Å²) >= 11 is 0. The fourth-order valence-corrected chi connectivity index (χ4v) is 1.72. The van der Waals surface area contributed by atoms with E-state index in [9.17, 15) is 4.79 Å². The summed E-state index contributed by atoms with van der Waals surface area (Å²) in [6.07, 6.45) is 1.36. The van der Waals surface area contributed by atoms with E-state index in [1.807, 2.05) is 30.3 Å². The molecule has 0 atom stereocenters. The Labute approximate surface area is 103 Å². The van der Waals surface area contributed by atoms with Gasteiger partial charge in [-0.2, -0.15) is 0 Å². The summed E-state index contributed by atoms with van der Waals surface area (Å²) < 4.78 is 5.13.